The topological polar surface area (TPSA) is 93.7 Å². The average Bonchev–Trinajstić information content (AvgIpc) is 2.55. The van der Waals surface area contributed by atoms with Gasteiger partial charge in [0, 0.05) is 18.7 Å². The highest BCUT2D eigenvalue weighted by Crippen LogP contribution is 2.29. The van der Waals surface area contributed by atoms with E-state index in [-0.39, 0.29) is 27.9 Å². The van der Waals surface area contributed by atoms with Crippen LogP contribution in [0.3, 0.4) is 0 Å². The van der Waals surface area contributed by atoms with Crippen LogP contribution in [0.15, 0.2) is 47.4 Å². The number of hydrogen-bond donors (Lipinski definition) is 2. The van der Waals surface area contributed by atoms with E-state index in [1.165, 1.54) is 32.2 Å². The molecule has 7 nitrogen and oxygen atoms in total. The van der Waals surface area contributed by atoms with E-state index in [4.69, 9.17) is 4.74 Å². The Morgan fingerprint density at radius 2 is 1.70 bits per heavy atom. The van der Waals surface area contributed by atoms with Gasteiger partial charge in [0.25, 0.3) is 10.0 Å². The normalized spacial score (nSPS) is 11.6. The number of ether oxygens (including phenoxy) is 2. The number of carbonyl (C=O) groups excluding carboxylic acids is 1. The molecule has 0 atom stereocenters. The van der Waals surface area contributed by atoms with Crippen LogP contribution < -0.4 is 19.5 Å². The molecule has 2 rings (SSSR count). The van der Waals surface area contributed by atoms with Crippen LogP contribution in [-0.2, 0) is 14.8 Å². The van der Waals surface area contributed by atoms with E-state index in [1.807, 2.05) is 0 Å². The molecule has 0 spiro atoms. The molecule has 11 heteroatoms. The number of carbonyl (C=O) groups is 1. The highest BCUT2D eigenvalue weighted by Gasteiger charge is 2.31. The molecule has 0 radical (unpaired) electrons. The number of methoxy groups -OCH3 is 1. The minimum absolute atomic E-state index is 0.0365. The molecule has 0 aromatic heterocycles. The van der Waals surface area contributed by atoms with Crippen LogP contribution in [0.1, 0.15) is 6.92 Å². The fourth-order valence-electron chi connectivity index (χ4n) is 2.07. The van der Waals surface area contributed by atoms with Crippen LogP contribution in [0.4, 0.5) is 24.5 Å². The second-order valence-corrected chi connectivity index (χ2v) is 6.90. The second-order valence-electron chi connectivity index (χ2n) is 5.22. The van der Waals surface area contributed by atoms with Gasteiger partial charge in [0.2, 0.25) is 5.91 Å². The molecule has 2 N–H and O–H groups in total. The molecule has 0 saturated carbocycles. The summed E-state index contributed by atoms with van der Waals surface area (Å²) in [6.07, 6.45) is -4.84. The van der Waals surface area contributed by atoms with Crippen molar-refractivity contribution in [2.75, 3.05) is 17.1 Å². The lowest BCUT2D eigenvalue weighted by Crippen LogP contribution is -2.17. The summed E-state index contributed by atoms with van der Waals surface area (Å²) in [5.41, 5.74) is 0.326. The standard InChI is InChI=1S/C16H15F3N2O5S/c1-10(22)20-14-8-7-13(9-15(14)25-2)27(23,24)21-11-3-5-12(6-4-11)26-16(17,18)19/h3-9,21H,1-2H3,(H,20,22). The Kier molecular flexibility index (Phi) is 5.84. The van der Waals surface area contributed by atoms with E-state index >= 15 is 0 Å². The lowest BCUT2D eigenvalue weighted by atomic mass is 10.3. The molecule has 0 heterocycles. The van der Waals surface area contributed by atoms with Crippen molar-refractivity contribution in [2.45, 2.75) is 18.2 Å². The summed E-state index contributed by atoms with van der Waals surface area (Å²) in [5, 5.41) is 2.49. The van der Waals surface area contributed by atoms with E-state index in [1.54, 1.807) is 0 Å². The Morgan fingerprint density at radius 1 is 1.07 bits per heavy atom. The zero-order valence-electron chi connectivity index (χ0n) is 14.1. The highest BCUT2D eigenvalue weighted by atomic mass is 32.2. The van der Waals surface area contributed by atoms with Crippen molar-refractivity contribution in [1.82, 2.24) is 0 Å². The first-order valence-corrected chi connectivity index (χ1v) is 8.83. The molecule has 0 unspecified atom stereocenters. The van der Waals surface area contributed by atoms with E-state index in [2.05, 4.69) is 14.8 Å². The van der Waals surface area contributed by atoms with E-state index in [9.17, 15) is 26.4 Å². The van der Waals surface area contributed by atoms with Crippen molar-refractivity contribution < 1.29 is 35.9 Å². The zero-order chi connectivity index (χ0) is 20.2. The Labute approximate surface area is 153 Å². The van der Waals surface area contributed by atoms with Gasteiger partial charge in [-0.2, -0.15) is 0 Å². The molecule has 0 aliphatic heterocycles. The first-order valence-electron chi connectivity index (χ1n) is 7.34. The fourth-order valence-corrected chi connectivity index (χ4v) is 3.14. The molecule has 0 fully saturated rings. The van der Waals surface area contributed by atoms with E-state index < -0.39 is 22.1 Å². The lowest BCUT2D eigenvalue weighted by Gasteiger charge is -2.13. The van der Waals surface area contributed by atoms with Gasteiger partial charge in [0.15, 0.2) is 0 Å². The summed E-state index contributed by atoms with van der Waals surface area (Å²) in [6, 6.07) is 8.02. The first-order chi connectivity index (χ1) is 12.5. The zero-order valence-corrected chi connectivity index (χ0v) is 14.9. The molecule has 0 aliphatic carbocycles. The fraction of sp³-hybridized carbons (Fsp3) is 0.188. The lowest BCUT2D eigenvalue weighted by molar-refractivity contribution is -0.274. The molecule has 146 valence electrons. The van der Waals surface area contributed by atoms with Gasteiger partial charge < -0.3 is 14.8 Å². The Hall–Kier alpha value is -2.95. The molecular formula is C16H15F3N2O5S. The summed E-state index contributed by atoms with van der Waals surface area (Å²) >= 11 is 0. The largest absolute Gasteiger partial charge is 0.573 e. The van der Waals surface area contributed by atoms with Crippen molar-refractivity contribution in [3.8, 4) is 11.5 Å². The molecular weight excluding hydrogens is 389 g/mol. The van der Waals surface area contributed by atoms with Gasteiger partial charge in [-0.05, 0) is 36.4 Å². The number of benzene rings is 2. The maximum Gasteiger partial charge on any atom is 0.573 e. The van der Waals surface area contributed by atoms with Crippen LogP contribution in [-0.4, -0.2) is 27.8 Å². The Balaban J connectivity index is 2.22. The SMILES string of the molecule is COc1cc(S(=O)(=O)Nc2ccc(OC(F)(F)F)cc2)ccc1NC(C)=O. The summed E-state index contributed by atoms with van der Waals surface area (Å²) in [5.74, 6) is -0.711. The molecule has 0 saturated heterocycles. The number of anilines is 2. The molecule has 2 aromatic carbocycles. The van der Waals surface area contributed by atoms with Gasteiger partial charge in [-0.25, -0.2) is 8.42 Å². The average molecular weight is 404 g/mol. The minimum atomic E-state index is -4.84. The van der Waals surface area contributed by atoms with E-state index in [0.717, 1.165) is 24.3 Å². The number of amides is 1. The van der Waals surface area contributed by atoms with Crippen LogP contribution in [0.25, 0.3) is 0 Å². The molecule has 1 amide bonds. The summed E-state index contributed by atoms with van der Waals surface area (Å²) in [6.45, 7) is 1.29. The smallest absolute Gasteiger partial charge is 0.495 e. The second kappa shape index (κ2) is 7.74. The van der Waals surface area contributed by atoms with Crippen LogP contribution in [0.2, 0.25) is 0 Å². The third-order valence-corrected chi connectivity index (χ3v) is 4.51. The van der Waals surface area contributed by atoms with Crippen molar-refractivity contribution in [3.63, 3.8) is 0 Å². The summed E-state index contributed by atoms with van der Waals surface area (Å²) < 4.78 is 72.4. The predicted octanol–water partition coefficient (Wildman–Crippen LogP) is 3.35. The van der Waals surface area contributed by atoms with Gasteiger partial charge in [-0.1, -0.05) is 0 Å². The number of rotatable bonds is 6. The number of nitrogens with one attached hydrogen (secondary N) is 2. The van der Waals surface area contributed by atoms with Gasteiger partial charge >= 0.3 is 6.36 Å². The third-order valence-electron chi connectivity index (χ3n) is 3.13. The van der Waals surface area contributed by atoms with Crippen molar-refractivity contribution in [2.24, 2.45) is 0 Å². The summed E-state index contributed by atoms with van der Waals surface area (Å²) in [7, 11) is -2.74. The first kappa shape index (κ1) is 20.4. The summed E-state index contributed by atoms with van der Waals surface area (Å²) in [4.78, 5) is 11.0. The maximum atomic E-state index is 12.5. The highest BCUT2D eigenvalue weighted by molar-refractivity contribution is 7.92. The van der Waals surface area contributed by atoms with Gasteiger partial charge in [-0.15, -0.1) is 13.2 Å². The van der Waals surface area contributed by atoms with Crippen LogP contribution in [0.5, 0.6) is 11.5 Å². The van der Waals surface area contributed by atoms with E-state index in [0.29, 0.717) is 0 Å². The van der Waals surface area contributed by atoms with Gasteiger partial charge in [0.1, 0.15) is 11.5 Å². The van der Waals surface area contributed by atoms with Gasteiger partial charge in [-0.3, -0.25) is 9.52 Å². The molecule has 27 heavy (non-hydrogen) atoms. The van der Waals surface area contributed by atoms with Gasteiger partial charge in [0.05, 0.1) is 17.7 Å². The molecule has 0 aliphatic rings. The maximum absolute atomic E-state index is 12.5. The van der Waals surface area contributed by atoms with Crippen LogP contribution >= 0.6 is 0 Å². The monoisotopic (exact) mass is 404 g/mol. The number of alkyl halides is 3. The van der Waals surface area contributed by atoms with Crippen LogP contribution in [0, 0.1) is 0 Å². The molecule has 2 aromatic rings. The van der Waals surface area contributed by atoms with Crippen molar-refractivity contribution >= 4 is 27.3 Å². The number of sulfonamides is 1. The van der Waals surface area contributed by atoms with Crippen molar-refractivity contribution in [3.05, 3.63) is 42.5 Å². The Morgan fingerprint density at radius 3 is 2.22 bits per heavy atom. The van der Waals surface area contributed by atoms with Crippen molar-refractivity contribution in [1.29, 1.82) is 0 Å². The molecule has 0 bridgehead atoms. The quantitative estimate of drug-likeness (QED) is 0.770. The number of hydrogen-bond acceptors (Lipinski definition) is 5. The minimum Gasteiger partial charge on any atom is -0.495 e. The Bertz CT molecular complexity index is 928. The third kappa shape index (κ3) is 5.78. The number of halogens is 3. The predicted molar refractivity (Wildman–Crippen MR) is 91.2 cm³/mol.